The number of aromatic nitrogens is 2. The molecule has 0 fully saturated rings. The van der Waals surface area contributed by atoms with E-state index in [1.54, 1.807) is 30.3 Å². The molecule has 226 valence electrons. The highest BCUT2D eigenvalue weighted by Crippen LogP contribution is 2.13. The minimum absolute atomic E-state index is 0.0961. The number of guanidine groups is 1. The van der Waals surface area contributed by atoms with Crippen molar-refractivity contribution in [1.82, 2.24) is 14.5 Å². The van der Waals surface area contributed by atoms with Gasteiger partial charge in [0.15, 0.2) is 5.96 Å². The number of carboxylic acids is 1. The highest BCUT2D eigenvalue weighted by atomic mass is 32.2. The lowest BCUT2D eigenvalue weighted by atomic mass is 10.2. The summed E-state index contributed by atoms with van der Waals surface area (Å²) in [4.78, 5) is 61.5. The van der Waals surface area contributed by atoms with Gasteiger partial charge in [0.2, 0.25) is 15.9 Å². The molecular formula is C22H28F3N7O8S. The highest BCUT2D eigenvalue weighted by Gasteiger charge is 2.38. The number of halogens is 3. The number of carbonyl (C=O) groups excluding carboxylic acids is 2. The number of amides is 1. The van der Waals surface area contributed by atoms with E-state index < -0.39 is 63.4 Å². The number of aliphatic carboxylic acids is 1. The SMILES string of the molecule is Cn1cc(NS(=O)(=O)Cc2ccccc2)c(=O)n(CC(=O)NC(C=O)CCCN=C(N)N)c1=O.O=C(O)C(F)(F)F. The van der Waals surface area contributed by atoms with Crippen molar-refractivity contribution >= 4 is 39.8 Å². The Morgan fingerprint density at radius 3 is 2.27 bits per heavy atom. The van der Waals surface area contributed by atoms with E-state index >= 15 is 0 Å². The van der Waals surface area contributed by atoms with Crippen molar-refractivity contribution in [2.75, 3.05) is 11.3 Å². The molecule has 0 bridgehead atoms. The zero-order chi connectivity index (χ0) is 31.4. The molecule has 2 rings (SSSR count). The van der Waals surface area contributed by atoms with E-state index in [0.29, 0.717) is 22.8 Å². The van der Waals surface area contributed by atoms with Crippen molar-refractivity contribution in [1.29, 1.82) is 0 Å². The minimum Gasteiger partial charge on any atom is -0.475 e. The zero-order valence-corrected chi connectivity index (χ0v) is 22.3. The number of rotatable bonds is 12. The molecule has 1 aromatic carbocycles. The summed E-state index contributed by atoms with van der Waals surface area (Å²) >= 11 is 0. The molecule has 15 nitrogen and oxygen atoms in total. The summed E-state index contributed by atoms with van der Waals surface area (Å²) in [6.45, 7) is -0.453. The average molecular weight is 608 g/mol. The Balaban J connectivity index is 0.00000106. The van der Waals surface area contributed by atoms with Gasteiger partial charge in [0.05, 0.1) is 11.8 Å². The van der Waals surface area contributed by atoms with Gasteiger partial charge in [-0.1, -0.05) is 30.3 Å². The lowest BCUT2D eigenvalue weighted by molar-refractivity contribution is -0.192. The molecule has 0 aliphatic heterocycles. The van der Waals surface area contributed by atoms with Crippen LogP contribution >= 0.6 is 0 Å². The van der Waals surface area contributed by atoms with Crippen molar-refractivity contribution in [3.8, 4) is 0 Å². The molecule has 1 atom stereocenters. The molecule has 19 heteroatoms. The Bertz CT molecular complexity index is 1470. The molecule has 7 N–H and O–H groups in total. The number of carboxylic acid groups (broad SMARTS) is 1. The van der Waals surface area contributed by atoms with Crippen LogP contribution < -0.4 is 32.8 Å². The van der Waals surface area contributed by atoms with Gasteiger partial charge in [-0.25, -0.2) is 22.6 Å². The van der Waals surface area contributed by atoms with E-state index in [9.17, 15) is 40.8 Å². The van der Waals surface area contributed by atoms with Crippen molar-refractivity contribution in [3.63, 3.8) is 0 Å². The molecule has 1 aromatic heterocycles. The third-order valence-corrected chi connectivity index (χ3v) is 6.06. The second-order valence-electron chi connectivity index (χ2n) is 8.24. The Morgan fingerprint density at radius 2 is 1.76 bits per heavy atom. The van der Waals surface area contributed by atoms with Crippen molar-refractivity contribution in [3.05, 3.63) is 62.9 Å². The predicted octanol–water partition coefficient (Wildman–Crippen LogP) is -1.14. The van der Waals surface area contributed by atoms with Gasteiger partial charge in [-0.15, -0.1) is 0 Å². The van der Waals surface area contributed by atoms with Crippen molar-refractivity contribution in [2.24, 2.45) is 23.5 Å². The number of sulfonamides is 1. The number of nitrogens with two attached hydrogens (primary N) is 2. The molecule has 41 heavy (non-hydrogen) atoms. The third-order valence-electron chi connectivity index (χ3n) is 4.82. The van der Waals surface area contributed by atoms with Crippen LogP contribution in [0.15, 0.2) is 51.1 Å². The van der Waals surface area contributed by atoms with Gasteiger partial charge in [0, 0.05) is 19.8 Å². The number of aldehydes is 1. The van der Waals surface area contributed by atoms with Crippen LogP contribution in [-0.4, -0.2) is 65.5 Å². The maximum Gasteiger partial charge on any atom is 0.490 e. The normalized spacial score (nSPS) is 11.8. The van der Waals surface area contributed by atoms with E-state index in [2.05, 4.69) is 15.0 Å². The molecule has 0 spiro atoms. The van der Waals surface area contributed by atoms with Crippen LogP contribution in [-0.2, 0) is 43.8 Å². The van der Waals surface area contributed by atoms with Crippen LogP contribution in [0.4, 0.5) is 18.9 Å². The maximum absolute atomic E-state index is 12.8. The predicted molar refractivity (Wildman–Crippen MR) is 140 cm³/mol. The fourth-order valence-corrected chi connectivity index (χ4v) is 4.20. The Hall–Kier alpha value is -4.68. The lowest BCUT2D eigenvalue weighted by Crippen LogP contribution is -2.46. The summed E-state index contributed by atoms with van der Waals surface area (Å²) in [7, 11) is -2.67. The van der Waals surface area contributed by atoms with Crippen LogP contribution in [0, 0.1) is 0 Å². The van der Waals surface area contributed by atoms with Crippen LogP contribution in [0.2, 0.25) is 0 Å². The van der Waals surface area contributed by atoms with E-state index in [1.165, 1.54) is 7.05 Å². The van der Waals surface area contributed by atoms with E-state index in [0.717, 1.165) is 10.8 Å². The largest absolute Gasteiger partial charge is 0.490 e. The van der Waals surface area contributed by atoms with Gasteiger partial charge in [0.25, 0.3) is 5.56 Å². The summed E-state index contributed by atoms with van der Waals surface area (Å²) in [6, 6.07) is 7.44. The first-order valence-electron chi connectivity index (χ1n) is 11.4. The molecule has 0 aliphatic carbocycles. The Kier molecular flexibility index (Phi) is 12.7. The fraction of sp³-hybridized carbons (Fsp3) is 0.364. The van der Waals surface area contributed by atoms with Crippen molar-refractivity contribution in [2.45, 2.75) is 37.4 Å². The summed E-state index contributed by atoms with van der Waals surface area (Å²) in [5, 5.41) is 9.54. The molecule has 0 saturated carbocycles. The Morgan fingerprint density at radius 1 is 1.17 bits per heavy atom. The Labute approximate surface area is 230 Å². The van der Waals surface area contributed by atoms with Gasteiger partial charge in [-0.3, -0.25) is 19.3 Å². The summed E-state index contributed by atoms with van der Waals surface area (Å²) in [5.74, 6) is -4.02. The number of hydrogen-bond donors (Lipinski definition) is 5. The second-order valence-corrected chi connectivity index (χ2v) is 9.96. The van der Waals surface area contributed by atoms with Crippen molar-refractivity contribution < 1.29 is 41.1 Å². The molecule has 0 radical (unpaired) electrons. The number of carbonyl (C=O) groups is 3. The summed E-state index contributed by atoms with van der Waals surface area (Å²) in [6.07, 6.45) is -2.89. The van der Waals surface area contributed by atoms with Crippen LogP contribution in [0.5, 0.6) is 0 Å². The minimum atomic E-state index is -5.08. The van der Waals surface area contributed by atoms with Gasteiger partial charge in [0.1, 0.15) is 18.5 Å². The van der Waals surface area contributed by atoms with Gasteiger partial charge >= 0.3 is 17.8 Å². The molecule has 2 aromatic rings. The summed E-state index contributed by atoms with van der Waals surface area (Å²) < 4.78 is 60.5. The van der Waals surface area contributed by atoms with Gasteiger partial charge in [-0.05, 0) is 18.4 Å². The van der Waals surface area contributed by atoms with Gasteiger partial charge in [-0.2, -0.15) is 13.2 Å². The monoisotopic (exact) mass is 607 g/mol. The number of benzene rings is 1. The maximum atomic E-state index is 12.8. The molecule has 0 saturated heterocycles. The molecule has 1 heterocycles. The van der Waals surface area contributed by atoms with Crippen LogP contribution in [0.3, 0.4) is 0 Å². The first-order chi connectivity index (χ1) is 19.0. The number of aliphatic imine (C=N–C) groups is 1. The third kappa shape index (κ3) is 12.4. The highest BCUT2D eigenvalue weighted by molar-refractivity contribution is 7.91. The zero-order valence-electron chi connectivity index (χ0n) is 21.5. The van der Waals surface area contributed by atoms with Crippen LogP contribution in [0.25, 0.3) is 0 Å². The number of aryl methyl sites for hydroxylation is 1. The molecule has 1 unspecified atom stereocenters. The van der Waals surface area contributed by atoms with Gasteiger partial charge < -0.3 is 31.3 Å². The number of nitrogens with one attached hydrogen (secondary N) is 2. The number of anilines is 1. The van der Waals surface area contributed by atoms with E-state index in [-0.39, 0.29) is 18.9 Å². The topological polar surface area (TPSA) is 238 Å². The van der Waals surface area contributed by atoms with E-state index in [1.807, 2.05) is 0 Å². The first-order valence-corrected chi connectivity index (χ1v) is 13.1. The first kappa shape index (κ1) is 34.3. The summed E-state index contributed by atoms with van der Waals surface area (Å²) in [5.41, 5.74) is 8.72. The number of nitrogens with zero attached hydrogens (tertiary/aromatic N) is 3. The molecule has 1 amide bonds. The fourth-order valence-electron chi connectivity index (χ4n) is 3.02. The average Bonchev–Trinajstić information content (AvgIpc) is 2.86. The lowest BCUT2D eigenvalue weighted by Gasteiger charge is -2.14. The second kappa shape index (κ2) is 15.2. The quantitative estimate of drug-likeness (QED) is 0.0841. The molecular weight excluding hydrogens is 579 g/mol. The standard InChI is InChI=1S/C20H27N7O6S.C2HF3O2/c1-26-10-16(25-34(32,33)13-14-6-3-2-4-7-14)18(30)27(20(26)31)11-17(29)24-15(12-28)8-5-9-23-19(21)22;3-2(4,5)1(6)7/h2-4,6-7,10,12,15,25H,5,8-9,11,13H2,1H3,(H,24,29)(H4,21,22,23);(H,6,7). The van der Waals surface area contributed by atoms with Crippen LogP contribution in [0.1, 0.15) is 18.4 Å². The van der Waals surface area contributed by atoms with E-state index in [4.69, 9.17) is 21.4 Å². The number of hydrogen-bond acceptors (Lipinski definition) is 8. The molecule has 0 aliphatic rings. The number of alkyl halides is 3. The smallest absolute Gasteiger partial charge is 0.475 e.